The van der Waals surface area contributed by atoms with E-state index >= 15 is 0 Å². The lowest BCUT2D eigenvalue weighted by Crippen LogP contribution is -2.49. The number of carbonyl (C=O) groups excluding carboxylic acids is 2. The minimum absolute atomic E-state index is 0.0109. The van der Waals surface area contributed by atoms with Crippen molar-refractivity contribution in [3.05, 3.63) is 93.5 Å². The van der Waals surface area contributed by atoms with Gasteiger partial charge in [-0.15, -0.1) is 0 Å². The third-order valence-corrected chi connectivity index (χ3v) is 9.36. The number of carbonyl (C=O) groups is 2. The summed E-state index contributed by atoms with van der Waals surface area (Å²) in [7, 11) is 1.32. The van der Waals surface area contributed by atoms with Crippen LogP contribution in [0.15, 0.2) is 66.7 Å². The van der Waals surface area contributed by atoms with Crippen LogP contribution in [0, 0.1) is 5.92 Å². The first-order valence-electron chi connectivity index (χ1n) is 15.4. The first kappa shape index (κ1) is 33.8. The van der Waals surface area contributed by atoms with Crippen LogP contribution in [0.2, 0.25) is 10.0 Å². The number of amides is 2. The summed E-state index contributed by atoms with van der Waals surface area (Å²) in [5, 5.41) is 16.7. The number of piperidine rings is 1. The molecule has 236 valence electrons. The largest absolute Gasteiger partial charge is 0.453 e. The van der Waals surface area contributed by atoms with E-state index in [4.69, 9.17) is 33.7 Å². The summed E-state index contributed by atoms with van der Waals surface area (Å²) >= 11 is 13.0. The molecule has 9 heteroatoms. The predicted octanol–water partition coefficient (Wildman–Crippen LogP) is 6.92. The van der Waals surface area contributed by atoms with Crippen molar-refractivity contribution in [2.45, 2.75) is 57.0 Å². The van der Waals surface area contributed by atoms with Crippen LogP contribution in [-0.4, -0.2) is 55.3 Å². The van der Waals surface area contributed by atoms with E-state index in [2.05, 4.69) is 24.4 Å². The molecule has 1 aliphatic rings. The molecule has 7 nitrogen and oxygen atoms in total. The zero-order valence-electron chi connectivity index (χ0n) is 25.5. The van der Waals surface area contributed by atoms with Gasteiger partial charge in [-0.1, -0.05) is 78.7 Å². The van der Waals surface area contributed by atoms with E-state index in [1.165, 1.54) is 12.7 Å². The number of hydrogen-bond donors (Lipinski definition) is 3. The van der Waals surface area contributed by atoms with Crippen molar-refractivity contribution in [2.24, 2.45) is 11.7 Å². The summed E-state index contributed by atoms with van der Waals surface area (Å²) in [4.78, 5) is 27.3. The van der Waals surface area contributed by atoms with Crippen molar-refractivity contribution in [3.63, 3.8) is 0 Å². The van der Waals surface area contributed by atoms with Gasteiger partial charge in [0.1, 0.15) is 0 Å². The average molecular weight is 641 g/mol. The fourth-order valence-corrected chi connectivity index (χ4v) is 6.72. The van der Waals surface area contributed by atoms with Gasteiger partial charge < -0.3 is 25.8 Å². The number of aryl methyl sites for hydroxylation is 1. The SMILES string of the molecule is CCc1cccc(-c2c(Cl)cccc2[C@](O)(CCCNC(=O)OC)[C@@H]2CCCN(C(=O)CC(CN)c3ccc(Cl)cc3)C2)c1. The van der Waals surface area contributed by atoms with Gasteiger partial charge in [-0.3, -0.25) is 4.79 Å². The van der Waals surface area contributed by atoms with Gasteiger partial charge in [0.15, 0.2) is 0 Å². The fraction of sp³-hybridized carbons (Fsp3) is 0.429. The molecule has 0 spiro atoms. The van der Waals surface area contributed by atoms with Crippen molar-refractivity contribution in [2.75, 3.05) is 33.3 Å². The fourth-order valence-electron chi connectivity index (χ4n) is 6.31. The molecule has 4 rings (SSSR count). The molecule has 0 saturated carbocycles. The van der Waals surface area contributed by atoms with Crippen LogP contribution < -0.4 is 11.1 Å². The maximum absolute atomic E-state index is 13.7. The number of aliphatic hydroxyl groups is 1. The topological polar surface area (TPSA) is 105 Å². The number of alkyl carbamates (subject to hydrolysis) is 1. The number of hydrogen-bond acceptors (Lipinski definition) is 5. The molecule has 44 heavy (non-hydrogen) atoms. The zero-order chi connectivity index (χ0) is 31.7. The molecule has 1 unspecified atom stereocenters. The summed E-state index contributed by atoms with van der Waals surface area (Å²) in [5.74, 6) is -0.373. The highest BCUT2D eigenvalue weighted by atomic mass is 35.5. The second-order valence-corrected chi connectivity index (χ2v) is 12.4. The summed E-state index contributed by atoms with van der Waals surface area (Å²) in [5.41, 5.74) is 9.40. The molecule has 3 atom stereocenters. The minimum Gasteiger partial charge on any atom is -0.453 e. The zero-order valence-corrected chi connectivity index (χ0v) is 27.0. The van der Waals surface area contributed by atoms with Gasteiger partial charge in [0.05, 0.1) is 12.7 Å². The lowest BCUT2D eigenvalue weighted by molar-refractivity contribution is -0.137. The van der Waals surface area contributed by atoms with Crippen LogP contribution in [0.25, 0.3) is 11.1 Å². The van der Waals surface area contributed by atoms with Crippen molar-refractivity contribution < 1.29 is 19.4 Å². The Morgan fingerprint density at radius 1 is 1.14 bits per heavy atom. The smallest absolute Gasteiger partial charge is 0.406 e. The second-order valence-electron chi connectivity index (χ2n) is 11.5. The molecule has 1 saturated heterocycles. The molecule has 1 heterocycles. The molecular weight excluding hydrogens is 597 g/mol. The maximum atomic E-state index is 13.7. The molecule has 1 aliphatic heterocycles. The first-order valence-corrected chi connectivity index (χ1v) is 16.1. The number of nitrogens with one attached hydrogen (secondary N) is 1. The number of nitrogens with zero attached hydrogens (tertiary/aromatic N) is 1. The van der Waals surface area contributed by atoms with Crippen LogP contribution in [0.3, 0.4) is 0 Å². The quantitative estimate of drug-likeness (QED) is 0.187. The number of halogens is 2. The monoisotopic (exact) mass is 639 g/mol. The predicted molar refractivity (Wildman–Crippen MR) is 177 cm³/mol. The second kappa shape index (κ2) is 15.8. The van der Waals surface area contributed by atoms with E-state index in [0.29, 0.717) is 49.1 Å². The number of methoxy groups -OCH3 is 1. The number of benzene rings is 3. The maximum Gasteiger partial charge on any atom is 0.406 e. The lowest BCUT2D eigenvalue weighted by Gasteiger charge is -2.44. The molecule has 0 aromatic heterocycles. The molecule has 3 aromatic carbocycles. The van der Waals surface area contributed by atoms with E-state index in [-0.39, 0.29) is 24.2 Å². The molecule has 0 bridgehead atoms. The van der Waals surface area contributed by atoms with Crippen LogP contribution >= 0.6 is 23.2 Å². The summed E-state index contributed by atoms with van der Waals surface area (Å²) in [6.45, 7) is 3.80. The van der Waals surface area contributed by atoms with Gasteiger partial charge in [0, 0.05) is 53.5 Å². The molecule has 1 fully saturated rings. The van der Waals surface area contributed by atoms with Crippen molar-refractivity contribution in [3.8, 4) is 11.1 Å². The third-order valence-electron chi connectivity index (χ3n) is 8.79. The first-order chi connectivity index (χ1) is 21.2. The van der Waals surface area contributed by atoms with Crippen molar-refractivity contribution >= 4 is 35.2 Å². The average Bonchev–Trinajstić information content (AvgIpc) is 3.05. The molecule has 0 radical (unpaired) electrons. The summed E-state index contributed by atoms with van der Waals surface area (Å²) < 4.78 is 4.73. The summed E-state index contributed by atoms with van der Waals surface area (Å²) in [6.07, 6.45) is 2.99. The van der Waals surface area contributed by atoms with Crippen LogP contribution in [-0.2, 0) is 21.6 Å². The van der Waals surface area contributed by atoms with Crippen LogP contribution in [0.4, 0.5) is 4.79 Å². The highest BCUT2D eigenvalue weighted by Crippen LogP contribution is 2.46. The number of nitrogens with two attached hydrogens (primary N) is 1. The minimum atomic E-state index is -1.32. The standard InChI is InChI=1S/C35H43Cl2N3O4/c1-3-24-8-4-9-26(20-24)33-30(11-5-12-31(33)37)35(43,17-7-18-39-34(42)44-2)28-10-6-19-40(23-28)32(41)21-27(22-38)25-13-15-29(36)16-14-25/h4-5,8-9,11-16,20,27-28,43H,3,6-7,10,17-19,21-23,38H2,1-2H3,(H,39,42)/t27?,28-,35+/m1/s1. The Bertz CT molecular complexity index is 1420. The highest BCUT2D eigenvalue weighted by molar-refractivity contribution is 6.33. The number of rotatable bonds is 12. The van der Waals surface area contributed by atoms with E-state index in [1.807, 2.05) is 59.5 Å². The van der Waals surface area contributed by atoms with Gasteiger partial charge in [0.2, 0.25) is 5.91 Å². The summed E-state index contributed by atoms with van der Waals surface area (Å²) in [6, 6.07) is 21.3. The Morgan fingerprint density at radius 2 is 1.89 bits per heavy atom. The van der Waals surface area contributed by atoms with Crippen molar-refractivity contribution in [1.29, 1.82) is 0 Å². The molecule has 3 aromatic rings. The van der Waals surface area contributed by atoms with E-state index < -0.39 is 11.7 Å². The number of likely N-dealkylation sites (tertiary alicyclic amines) is 1. The molecular formula is C35H43Cl2N3O4. The Balaban J connectivity index is 1.65. The van der Waals surface area contributed by atoms with Crippen molar-refractivity contribution in [1.82, 2.24) is 10.2 Å². The van der Waals surface area contributed by atoms with Gasteiger partial charge in [0.25, 0.3) is 0 Å². The third kappa shape index (κ3) is 8.13. The molecule has 0 aliphatic carbocycles. The van der Waals surface area contributed by atoms with Gasteiger partial charge in [-0.2, -0.15) is 0 Å². The Hall–Kier alpha value is -3.10. The number of ether oxygens (including phenoxy) is 1. The molecule has 4 N–H and O–H groups in total. The van der Waals surface area contributed by atoms with Crippen LogP contribution in [0.1, 0.15) is 61.6 Å². The normalized spacial score (nSPS) is 17.0. The van der Waals surface area contributed by atoms with E-state index in [0.717, 1.165) is 41.5 Å². The van der Waals surface area contributed by atoms with Crippen LogP contribution in [0.5, 0.6) is 0 Å². The van der Waals surface area contributed by atoms with Gasteiger partial charge in [-0.25, -0.2) is 4.79 Å². The molecule has 2 amide bonds. The lowest BCUT2D eigenvalue weighted by atomic mass is 9.72. The highest BCUT2D eigenvalue weighted by Gasteiger charge is 2.43. The Kier molecular flexibility index (Phi) is 12.1. The Morgan fingerprint density at radius 3 is 2.59 bits per heavy atom. The van der Waals surface area contributed by atoms with Gasteiger partial charge in [-0.05, 0) is 79.1 Å². The van der Waals surface area contributed by atoms with E-state index in [1.54, 1.807) is 0 Å². The van der Waals surface area contributed by atoms with Gasteiger partial charge >= 0.3 is 6.09 Å². The van der Waals surface area contributed by atoms with E-state index in [9.17, 15) is 14.7 Å². The Labute approximate surface area is 270 Å².